The first-order valence-electron chi connectivity index (χ1n) is 5.22. The first-order chi connectivity index (χ1) is 8.22. The van der Waals surface area contributed by atoms with Gasteiger partial charge in [0, 0.05) is 25.0 Å². The van der Waals surface area contributed by atoms with E-state index < -0.39 is 0 Å². The molecule has 4 nitrogen and oxygen atoms in total. The maximum Gasteiger partial charge on any atom is 0.255 e. The molecule has 4 heteroatoms. The molecule has 0 aliphatic heterocycles. The van der Waals surface area contributed by atoms with Crippen molar-refractivity contribution in [3.63, 3.8) is 0 Å². The highest BCUT2D eigenvalue weighted by atomic mass is 16.1. The standard InChI is InChI=1S/C13H12N2O2/c1-14-13(17)10-7-8-12(16)15(9-10)11-5-3-2-4-6-11/h2-9H,1H3,(H,14,17). The van der Waals surface area contributed by atoms with E-state index in [1.165, 1.54) is 22.9 Å². The molecule has 0 bridgehead atoms. The Morgan fingerprint density at radius 1 is 1.12 bits per heavy atom. The van der Waals surface area contributed by atoms with Crippen molar-refractivity contribution in [1.29, 1.82) is 0 Å². The van der Waals surface area contributed by atoms with E-state index in [1.54, 1.807) is 7.05 Å². The third-order valence-corrected chi connectivity index (χ3v) is 2.43. The minimum absolute atomic E-state index is 0.163. The van der Waals surface area contributed by atoms with E-state index in [1.807, 2.05) is 30.3 Å². The zero-order valence-corrected chi connectivity index (χ0v) is 9.38. The van der Waals surface area contributed by atoms with Gasteiger partial charge in [0.15, 0.2) is 0 Å². The summed E-state index contributed by atoms with van der Waals surface area (Å²) in [6, 6.07) is 12.1. The summed E-state index contributed by atoms with van der Waals surface area (Å²) in [5, 5.41) is 2.53. The van der Waals surface area contributed by atoms with Gasteiger partial charge in [-0.2, -0.15) is 0 Å². The summed E-state index contributed by atoms with van der Waals surface area (Å²) >= 11 is 0. The van der Waals surface area contributed by atoms with E-state index in [9.17, 15) is 9.59 Å². The van der Waals surface area contributed by atoms with Crippen LogP contribution in [-0.4, -0.2) is 17.5 Å². The Kier molecular flexibility index (Phi) is 3.05. The molecule has 1 aromatic heterocycles. The summed E-state index contributed by atoms with van der Waals surface area (Å²) in [5.74, 6) is -0.213. The van der Waals surface area contributed by atoms with Crippen LogP contribution in [0, 0.1) is 0 Å². The van der Waals surface area contributed by atoms with Crippen LogP contribution >= 0.6 is 0 Å². The molecule has 1 aromatic carbocycles. The predicted octanol–water partition coefficient (Wildman–Crippen LogP) is 1.20. The maximum absolute atomic E-state index is 11.7. The van der Waals surface area contributed by atoms with E-state index >= 15 is 0 Å². The van der Waals surface area contributed by atoms with Gasteiger partial charge in [-0.1, -0.05) is 18.2 Å². The smallest absolute Gasteiger partial charge is 0.255 e. The van der Waals surface area contributed by atoms with Crippen LogP contribution in [0.1, 0.15) is 10.4 Å². The van der Waals surface area contributed by atoms with Crippen molar-refractivity contribution in [2.45, 2.75) is 0 Å². The molecule has 0 radical (unpaired) electrons. The second-order valence-electron chi connectivity index (χ2n) is 3.54. The minimum Gasteiger partial charge on any atom is -0.355 e. The summed E-state index contributed by atoms with van der Waals surface area (Å²) < 4.78 is 1.45. The number of pyridine rings is 1. The number of carbonyl (C=O) groups is 1. The largest absolute Gasteiger partial charge is 0.355 e. The molecule has 0 saturated carbocycles. The molecule has 0 aliphatic carbocycles. The summed E-state index contributed by atoms with van der Waals surface area (Å²) in [6.07, 6.45) is 1.54. The molecule has 1 N–H and O–H groups in total. The number of benzene rings is 1. The van der Waals surface area contributed by atoms with Crippen LogP contribution in [-0.2, 0) is 0 Å². The number of aromatic nitrogens is 1. The summed E-state index contributed by atoms with van der Waals surface area (Å²) in [6.45, 7) is 0. The summed E-state index contributed by atoms with van der Waals surface area (Å²) in [5.41, 5.74) is 1.03. The first kappa shape index (κ1) is 11.1. The van der Waals surface area contributed by atoms with Crippen molar-refractivity contribution >= 4 is 5.91 Å². The lowest BCUT2D eigenvalue weighted by Gasteiger charge is -2.07. The van der Waals surface area contributed by atoms with Crippen LogP contribution in [0.4, 0.5) is 0 Å². The van der Waals surface area contributed by atoms with Gasteiger partial charge < -0.3 is 5.32 Å². The van der Waals surface area contributed by atoms with Crippen LogP contribution in [0.25, 0.3) is 5.69 Å². The van der Waals surface area contributed by atoms with Crippen LogP contribution in [0.5, 0.6) is 0 Å². The Balaban J connectivity index is 2.55. The number of amides is 1. The van der Waals surface area contributed by atoms with E-state index in [2.05, 4.69) is 5.32 Å². The van der Waals surface area contributed by atoms with Crippen molar-refractivity contribution in [3.05, 3.63) is 64.6 Å². The molecule has 0 aliphatic rings. The fourth-order valence-electron chi connectivity index (χ4n) is 1.56. The Hall–Kier alpha value is -2.36. The fraction of sp³-hybridized carbons (Fsp3) is 0.0769. The fourth-order valence-corrected chi connectivity index (χ4v) is 1.56. The Morgan fingerprint density at radius 2 is 1.82 bits per heavy atom. The average Bonchev–Trinajstić information content (AvgIpc) is 2.39. The van der Waals surface area contributed by atoms with Gasteiger partial charge in [-0.15, -0.1) is 0 Å². The number of nitrogens with zero attached hydrogens (tertiary/aromatic N) is 1. The van der Waals surface area contributed by atoms with Crippen molar-refractivity contribution in [1.82, 2.24) is 9.88 Å². The van der Waals surface area contributed by atoms with Crippen molar-refractivity contribution < 1.29 is 4.79 Å². The molecular weight excluding hydrogens is 216 g/mol. The Labute approximate surface area is 98.5 Å². The van der Waals surface area contributed by atoms with E-state index in [-0.39, 0.29) is 11.5 Å². The normalized spacial score (nSPS) is 9.94. The lowest BCUT2D eigenvalue weighted by Crippen LogP contribution is -2.23. The average molecular weight is 228 g/mol. The van der Waals surface area contributed by atoms with Gasteiger partial charge in [-0.05, 0) is 18.2 Å². The van der Waals surface area contributed by atoms with Gasteiger partial charge in [-0.3, -0.25) is 14.2 Å². The lowest BCUT2D eigenvalue weighted by molar-refractivity contribution is 0.0962. The lowest BCUT2D eigenvalue weighted by atomic mass is 10.2. The quantitative estimate of drug-likeness (QED) is 0.839. The second-order valence-corrected chi connectivity index (χ2v) is 3.54. The van der Waals surface area contributed by atoms with Crippen LogP contribution in [0.2, 0.25) is 0 Å². The Bertz CT molecular complexity index is 588. The van der Waals surface area contributed by atoms with Crippen LogP contribution in [0.3, 0.4) is 0 Å². The molecule has 0 fully saturated rings. The molecular formula is C13H12N2O2. The van der Waals surface area contributed by atoms with E-state index in [0.29, 0.717) is 5.56 Å². The van der Waals surface area contributed by atoms with Gasteiger partial charge >= 0.3 is 0 Å². The molecule has 0 unspecified atom stereocenters. The number of rotatable bonds is 2. The summed E-state index contributed by atoms with van der Waals surface area (Å²) in [7, 11) is 1.56. The van der Waals surface area contributed by atoms with Gasteiger partial charge in [-0.25, -0.2) is 0 Å². The molecule has 2 rings (SSSR count). The minimum atomic E-state index is -0.213. The number of hydrogen-bond acceptors (Lipinski definition) is 2. The van der Waals surface area contributed by atoms with E-state index in [0.717, 1.165) is 5.69 Å². The van der Waals surface area contributed by atoms with Crippen LogP contribution < -0.4 is 10.9 Å². The SMILES string of the molecule is CNC(=O)c1ccc(=O)n(-c2ccccc2)c1. The van der Waals surface area contributed by atoms with E-state index in [4.69, 9.17) is 0 Å². The third-order valence-electron chi connectivity index (χ3n) is 2.43. The van der Waals surface area contributed by atoms with Crippen LogP contribution in [0.15, 0.2) is 53.5 Å². The molecule has 1 heterocycles. The molecule has 0 saturated heterocycles. The predicted molar refractivity (Wildman–Crippen MR) is 65.4 cm³/mol. The van der Waals surface area contributed by atoms with Crippen molar-refractivity contribution in [2.75, 3.05) is 7.05 Å². The van der Waals surface area contributed by atoms with Gasteiger partial charge in [0.1, 0.15) is 0 Å². The number of para-hydroxylation sites is 1. The number of hydrogen-bond donors (Lipinski definition) is 1. The first-order valence-corrected chi connectivity index (χ1v) is 5.22. The zero-order valence-electron chi connectivity index (χ0n) is 9.38. The molecule has 86 valence electrons. The van der Waals surface area contributed by atoms with Crippen molar-refractivity contribution in [2.24, 2.45) is 0 Å². The molecule has 1 amide bonds. The highest BCUT2D eigenvalue weighted by molar-refractivity contribution is 5.93. The van der Waals surface area contributed by atoms with Crippen molar-refractivity contribution in [3.8, 4) is 5.69 Å². The number of nitrogens with one attached hydrogen (secondary N) is 1. The number of carbonyl (C=O) groups excluding carboxylic acids is 1. The molecule has 0 spiro atoms. The maximum atomic E-state index is 11.7. The highest BCUT2D eigenvalue weighted by Gasteiger charge is 2.06. The summed E-state index contributed by atoms with van der Waals surface area (Å²) in [4.78, 5) is 23.2. The molecule has 17 heavy (non-hydrogen) atoms. The monoisotopic (exact) mass is 228 g/mol. The molecule has 0 atom stereocenters. The third kappa shape index (κ3) is 2.25. The zero-order chi connectivity index (χ0) is 12.3. The topological polar surface area (TPSA) is 51.1 Å². The van der Waals surface area contributed by atoms with Gasteiger partial charge in [0.25, 0.3) is 11.5 Å². The second kappa shape index (κ2) is 4.65. The molecule has 2 aromatic rings. The van der Waals surface area contributed by atoms with Gasteiger partial charge in [0.2, 0.25) is 0 Å². The highest BCUT2D eigenvalue weighted by Crippen LogP contribution is 2.05. The van der Waals surface area contributed by atoms with Gasteiger partial charge in [0.05, 0.1) is 5.56 Å². The Morgan fingerprint density at radius 3 is 2.47 bits per heavy atom.